The van der Waals surface area contributed by atoms with Gasteiger partial charge in [0.05, 0.1) is 11.4 Å². The van der Waals surface area contributed by atoms with Crippen LogP contribution in [0.5, 0.6) is 0 Å². The second-order valence-corrected chi connectivity index (χ2v) is 6.38. The maximum atomic E-state index is 12.1. The van der Waals surface area contributed by atoms with E-state index in [1.54, 1.807) is 18.8 Å². The van der Waals surface area contributed by atoms with Crippen LogP contribution < -0.4 is 5.69 Å². The summed E-state index contributed by atoms with van der Waals surface area (Å²) >= 11 is 1.60. The molecule has 0 unspecified atom stereocenters. The molecule has 122 valence electrons. The Morgan fingerprint density at radius 3 is 2.83 bits per heavy atom. The first-order valence-electron chi connectivity index (χ1n) is 7.43. The van der Waals surface area contributed by atoms with Gasteiger partial charge in [-0.1, -0.05) is 11.2 Å². The quantitative estimate of drug-likeness (QED) is 0.459. The van der Waals surface area contributed by atoms with Gasteiger partial charge in [-0.05, 0) is 48.6 Å². The summed E-state index contributed by atoms with van der Waals surface area (Å²) in [6.45, 7) is 2.28. The molecule has 0 bridgehead atoms. The Morgan fingerprint density at radius 2 is 2.22 bits per heavy atom. The summed E-state index contributed by atoms with van der Waals surface area (Å²) in [6.07, 6.45) is 4.38. The van der Waals surface area contributed by atoms with E-state index < -0.39 is 0 Å². The highest BCUT2D eigenvalue weighted by molar-refractivity contribution is 7.98. The van der Waals surface area contributed by atoms with E-state index in [0.717, 1.165) is 16.2 Å². The number of rotatable bonds is 6. The lowest BCUT2D eigenvalue weighted by Crippen LogP contribution is -2.23. The highest BCUT2D eigenvalue weighted by Crippen LogP contribution is 2.31. The van der Waals surface area contributed by atoms with Gasteiger partial charge in [-0.3, -0.25) is 0 Å². The van der Waals surface area contributed by atoms with E-state index >= 15 is 0 Å². The average Bonchev–Trinajstić information content (AvgIpc) is 3.35. The van der Waals surface area contributed by atoms with Gasteiger partial charge in [0.15, 0.2) is 0 Å². The van der Waals surface area contributed by atoms with Crippen molar-refractivity contribution in [2.45, 2.75) is 31.3 Å². The summed E-state index contributed by atoms with van der Waals surface area (Å²) in [5.74, 6) is 0.577. The lowest BCUT2D eigenvalue weighted by atomic mass is 10.2. The van der Waals surface area contributed by atoms with Gasteiger partial charge in [0.1, 0.15) is 6.61 Å². The van der Waals surface area contributed by atoms with Gasteiger partial charge in [-0.2, -0.15) is 9.36 Å². The molecule has 0 spiro atoms. The Morgan fingerprint density at radius 1 is 1.43 bits per heavy atom. The zero-order valence-corrected chi connectivity index (χ0v) is 14.2. The van der Waals surface area contributed by atoms with E-state index in [4.69, 9.17) is 4.84 Å². The molecule has 1 aromatic heterocycles. The summed E-state index contributed by atoms with van der Waals surface area (Å²) < 4.78 is 2.49. The van der Waals surface area contributed by atoms with Crippen molar-refractivity contribution >= 4 is 17.5 Å². The van der Waals surface area contributed by atoms with E-state index in [-0.39, 0.29) is 5.69 Å². The molecule has 8 heteroatoms. The van der Waals surface area contributed by atoms with Crippen LogP contribution in [0.2, 0.25) is 0 Å². The number of aryl methyl sites for hydroxylation is 1. The van der Waals surface area contributed by atoms with Crippen LogP contribution in [-0.2, 0) is 18.5 Å². The highest BCUT2D eigenvalue weighted by atomic mass is 32.2. The molecule has 1 fully saturated rings. The van der Waals surface area contributed by atoms with Crippen LogP contribution >= 0.6 is 11.8 Å². The Labute approximate surface area is 138 Å². The molecule has 2 aromatic rings. The fourth-order valence-electron chi connectivity index (χ4n) is 2.33. The van der Waals surface area contributed by atoms with Gasteiger partial charge < -0.3 is 4.84 Å². The van der Waals surface area contributed by atoms with Crippen LogP contribution in [-0.4, -0.2) is 31.8 Å². The fourth-order valence-corrected chi connectivity index (χ4v) is 2.95. The zero-order chi connectivity index (χ0) is 16.4. The third-order valence-corrected chi connectivity index (χ3v) is 4.69. The molecule has 3 rings (SSSR count). The molecular weight excluding hydrogens is 314 g/mol. The monoisotopic (exact) mass is 333 g/mol. The third-order valence-electron chi connectivity index (χ3n) is 3.86. The van der Waals surface area contributed by atoms with Gasteiger partial charge in [0.25, 0.3) is 0 Å². The van der Waals surface area contributed by atoms with Crippen LogP contribution in [0.25, 0.3) is 5.69 Å². The Balaban J connectivity index is 1.92. The average molecular weight is 333 g/mol. The van der Waals surface area contributed by atoms with Crippen molar-refractivity contribution in [1.29, 1.82) is 0 Å². The second-order valence-electron chi connectivity index (χ2n) is 5.54. The maximum Gasteiger partial charge on any atom is 0.368 e. The predicted octanol–water partition coefficient (Wildman–Crippen LogP) is 1.99. The molecular formula is C15H19N5O2S. The fraction of sp³-hybridized carbons (Fsp3) is 0.467. The number of oxime groups is 1. The minimum atomic E-state index is -0.290. The molecule has 1 aliphatic carbocycles. The maximum absolute atomic E-state index is 12.1. The summed E-state index contributed by atoms with van der Waals surface area (Å²) in [5.41, 5.74) is 2.30. The first kappa shape index (κ1) is 15.8. The van der Waals surface area contributed by atoms with Crippen molar-refractivity contribution < 1.29 is 4.84 Å². The topological polar surface area (TPSA) is 74.3 Å². The molecule has 23 heavy (non-hydrogen) atoms. The molecule has 0 saturated heterocycles. The van der Waals surface area contributed by atoms with Crippen LogP contribution in [0.3, 0.4) is 0 Å². The summed E-state index contributed by atoms with van der Waals surface area (Å²) in [7, 11) is 1.57. The lowest BCUT2D eigenvalue weighted by Gasteiger charge is -2.11. The molecule has 0 amide bonds. The number of benzene rings is 1. The highest BCUT2D eigenvalue weighted by Gasteiger charge is 2.25. The summed E-state index contributed by atoms with van der Waals surface area (Å²) in [6, 6.07) is 5.72. The molecule has 0 N–H and O–H groups in total. The Hall–Kier alpha value is -2.09. The first-order chi connectivity index (χ1) is 11.1. The number of hydrogen-bond donors (Lipinski definition) is 0. The number of hydrogen-bond acceptors (Lipinski definition) is 6. The first-order valence-corrected chi connectivity index (χ1v) is 8.66. The molecule has 1 heterocycles. The predicted molar refractivity (Wildman–Crippen MR) is 89.0 cm³/mol. The molecule has 1 aliphatic rings. The molecule has 7 nitrogen and oxygen atoms in total. The standard InChI is InChI=1S/C15H19N5O2S/c1-10(11-7-8-11)16-22-9-12-13(5-4-6-14(12)23-3)20-15(21)19(2)17-18-20/h4-6,11H,7-9H2,1-3H3. The molecule has 1 aromatic carbocycles. The second kappa shape index (κ2) is 6.57. The van der Waals surface area contributed by atoms with Gasteiger partial charge in [-0.25, -0.2) is 4.79 Å². The Bertz CT molecular complexity index is 791. The van der Waals surface area contributed by atoms with Gasteiger partial charge in [-0.15, -0.1) is 11.8 Å². The number of aromatic nitrogens is 4. The van der Waals surface area contributed by atoms with Crippen LogP contribution in [0.1, 0.15) is 25.3 Å². The zero-order valence-electron chi connectivity index (χ0n) is 13.4. The van der Waals surface area contributed by atoms with E-state index in [0.29, 0.717) is 18.2 Å². The van der Waals surface area contributed by atoms with E-state index in [1.165, 1.54) is 22.2 Å². The van der Waals surface area contributed by atoms with Crippen LogP contribution in [0.4, 0.5) is 0 Å². The normalized spacial score (nSPS) is 15.0. The van der Waals surface area contributed by atoms with Crippen molar-refractivity contribution in [2.24, 2.45) is 18.1 Å². The molecule has 0 aliphatic heterocycles. The van der Waals surface area contributed by atoms with E-state index in [2.05, 4.69) is 15.6 Å². The van der Waals surface area contributed by atoms with Gasteiger partial charge in [0.2, 0.25) is 0 Å². The number of tetrazole rings is 1. The van der Waals surface area contributed by atoms with Crippen molar-refractivity contribution in [3.63, 3.8) is 0 Å². The Kier molecular flexibility index (Phi) is 4.51. The van der Waals surface area contributed by atoms with Crippen LogP contribution in [0.15, 0.2) is 33.0 Å². The number of thioether (sulfide) groups is 1. The van der Waals surface area contributed by atoms with Crippen molar-refractivity contribution in [1.82, 2.24) is 19.8 Å². The molecule has 0 radical (unpaired) electrons. The SMILES string of the molecule is CSc1cccc(-n2nnn(C)c2=O)c1CON=C(C)C1CC1. The summed E-state index contributed by atoms with van der Waals surface area (Å²) in [4.78, 5) is 18.7. The van der Waals surface area contributed by atoms with Crippen LogP contribution in [0, 0.1) is 5.92 Å². The van der Waals surface area contributed by atoms with Gasteiger partial charge >= 0.3 is 5.69 Å². The van der Waals surface area contributed by atoms with Gasteiger partial charge in [0, 0.05) is 23.4 Å². The van der Waals surface area contributed by atoms with Crippen molar-refractivity contribution in [3.8, 4) is 5.69 Å². The minimum Gasteiger partial charge on any atom is -0.391 e. The number of nitrogens with zero attached hydrogens (tertiary/aromatic N) is 5. The minimum absolute atomic E-state index is 0.290. The molecule has 0 atom stereocenters. The third kappa shape index (κ3) is 3.31. The largest absolute Gasteiger partial charge is 0.391 e. The smallest absolute Gasteiger partial charge is 0.368 e. The summed E-state index contributed by atoms with van der Waals surface area (Å²) in [5, 5.41) is 11.9. The molecule has 1 saturated carbocycles. The van der Waals surface area contributed by atoms with Crippen molar-refractivity contribution in [3.05, 3.63) is 34.2 Å². The van der Waals surface area contributed by atoms with Crippen molar-refractivity contribution in [2.75, 3.05) is 6.26 Å². The van der Waals surface area contributed by atoms with E-state index in [9.17, 15) is 4.79 Å². The lowest BCUT2D eigenvalue weighted by molar-refractivity contribution is 0.127. The van der Waals surface area contributed by atoms with E-state index in [1.807, 2.05) is 31.4 Å².